The number of ether oxygens (including phenoxy) is 2. The Morgan fingerprint density at radius 1 is 1.05 bits per heavy atom. The lowest BCUT2D eigenvalue weighted by atomic mass is 9.93. The molecule has 1 heterocycles. The highest BCUT2D eigenvalue weighted by Crippen LogP contribution is 2.27. The minimum Gasteiger partial charge on any atom is -0.455 e. The maximum Gasteiger partial charge on any atom is 0.310 e. The molecule has 0 bridgehead atoms. The van der Waals surface area contributed by atoms with Crippen LogP contribution < -0.4 is 10.6 Å². The predicted octanol–water partition coefficient (Wildman–Crippen LogP) is 3.11. The molecule has 0 fully saturated rings. The lowest BCUT2D eigenvalue weighted by molar-refractivity contribution is -0.158. The Kier molecular flexibility index (Phi) is 11.5. The first kappa shape index (κ1) is 29.1. The summed E-state index contributed by atoms with van der Waals surface area (Å²) >= 11 is 0. The van der Waals surface area contributed by atoms with Crippen molar-refractivity contribution in [1.82, 2.24) is 10.6 Å². The SMILES string of the molecule is COC[C@@H]1NC(=O)[C@@H](CC(=O)N[C@@H](C)CO)CC=CC[C@H](Cc2ccccc2)C(=O)O[C@H]1c1ccccc1. The van der Waals surface area contributed by atoms with Gasteiger partial charge in [0.1, 0.15) is 6.10 Å². The molecule has 0 saturated heterocycles. The third kappa shape index (κ3) is 8.82. The molecule has 0 saturated carbocycles. The van der Waals surface area contributed by atoms with Crippen LogP contribution in [-0.2, 0) is 30.3 Å². The topological polar surface area (TPSA) is 114 Å². The predicted molar refractivity (Wildman–Crippen MR) is 144 cm³/mol. The number of aliphatic hydroxyl groups excluding tert-OH is 1. The van der Waals surface area contributed by atoms with Crippen molar-refractivity contribution in [3.8, 4) is 0 Å². The molecule has 0 radical (unpaired) electrons. The number of carbonyl (C=O) groups is 3. The van der Waals surface area contributed by atoms with Crippen LogP contribution in [0, 0.1) is 11.8 Å². The van der Waals surface area contributed by atoms with Gasteiger partial charge < -0.3 is 25.2 Å². The van der Waals surface area contributed by atoms with Crippen molar-refractivity contribution in [3.63, 3.8) is 0 Å². The molecule has 1 aliphatic rings. The number of amides is 2. The number of benzene rings is 2. The maximum absolute atomic E-state index is 13.5. The van der Waals surface area contributed by atoms with E-state index in [1.165, 1.54) is 7.11 Å². The van der Waals surface area contributed by atoms with Gasteiger partial charge in [-0.25, -0.2) is 0 Å². The lowest BCUT2D eigenvalue weighted by Crippen LogP contribution is -2.47. The molecule has 204 valence electrons. The van der Waals surface area contributed by atoms with E-state index in [9.17, 15) is 19.5 Å². The Morgan fingerprint density at radius 2 is 1.68 bits per heavy atom. The molecule has 2 aromatic carbocycles. The molecule has 2 aromatic rings. The monoisotopic (exact) mass is 522 g/mol. The van der Waals surface area contributed by atoms with E-state index < -0.39 is 30.0 Å². The quantitative estimate of drug-likeness (QED) is 0.345. The van der Waals surface area contributed by atoms with Gasteiger partial charge in [-0.05, 0) is 37.3 Å². The van der Waals surface area contributed by atoms with Crippen LogP contribution in [0.4, 0.5) is 0 Å². The molecule has 5 atom stereocenters. The lowest BCUT2D eigenvalue weighted by Gasteiger charge is -2.31. The summed E-state index contributed by atoms with van der Waals surface area (Å²) in [6, 6.07) is 18.0. The van der Waals surface area contributed by atoms with E-state index in [1.807, 2.05) is 72.8 Å². The Hall–Kier alpha value is -3.49. The van der Waals surface area contributed by atoms with Crippen LogP contribution in [0.15, 0.2) is 72.8 Å². The van der Waals surface area contributed by atoms with Crippen molar-refractivity contribution < 1.29 is 29.0 Å². The largest absolute Gasteiger partial charge is 0.455 e. The standard InChI is InChI=1S/C30H38N2O6/c1-21(19-33)31-27(34)18-24-15-9-10-16-25(17-22-11-5-3-6-12-22)30(36)38-28(23-13-7-4-8-14-23)26(20-37-2)32-29(24)35/h3-14,21,24-26,28,33H,15-20H2,1-2H3,(H,31,34)(H,32,35)/t21-,24+,25+,26-,28-/m0/s1. The van der Waals surface area contributed by atoms with Crippen LogP contribution in [0.5, 0.6) is 0 Å². The third-order valence-corrected chi connectivity index (χ3v) is 6.56. The number of aliphatic hydroxyl groups is 1. The minimum absolute atomic E-state index is 0.0382. The summed E-state index contributed by atoms with van der Waals surface area (Å²) in [5.41, 5.74) is 1.76. The minimum atomic E-state index is -0.779. The number of hydrogen-bond donors (Lipinski definition) is 3. The van der Waals surface area contributed by atoms with Crippen LogP contribution >= 0.6 is 0 Å². The molecule has 2 amide bonds. The highest BCUT2D eigenvalue weighted by atomic mass is 16.5. The highest BCUT2D eigenvalue weighted by Gasteiger charge is 2.33. The van der Waals surface area contributed by atoms with Gasteiger partial charge in [0.25, 0.3) is 0 Å². The van der Waals surface area contributed by atoms with Gasteiger partial charge in [0.15, 0.2) is 0 Å². The van der Waals surface area contributed by atoms with Crippen molar-refractivity contribution in [2.45, 2.75) is 50.8 Å². The number of carbonyl (C=O) groups excluding carboxylic acids is 3. The summed E-state index contributed by atoms with van der Waals surface area (Å²) in [6.07, 6.45) is 4.19. The van der Waals surface area contributed by atoms with E-state index in [0.717, 1.165) is 11.1 Å². The first-order valence-corrected chi connectivity index (χ1v) is 13.0. The van der Waals surface area contributed by atoms with Crippen molar-refractivity contribution in [3.05, 3.63) is 83.9 Å². The fourth-order valence-corrected chi connectivity index (χ4v) is 4.50. The van der Waals surface area contributed by atoms with Crippen LogP contribution in [0.3, 0.4) is 0 Å². The molecule has 8 nitrogen and oxygen atoms in total. The molecule has 38 heavy (non-hydrogen) atoms. The molecule has 0 spiro atoms. The van der Waals surface area contributed by atoms with Crippen molar-refractivity contribution in [1.29, 1.82) is 0 Å². The van der Waals surface area contributed by atoms with Crippen LogP contribution in [-0.4, -0.2) is 55.3 Å². The van der Waals surface area contributed by atoms with Crippen molar-refractivity contribution in [2.75, 3.05) is 20.3 Å². The van der Waals surface area contributed by atoms with Gasteiger partial charge in [-0.1, -0.05) is 72.8 Å². The Balaban J connectivity index is 1.93. The van der Waals surface area contributed by atoms with E-state index >= 15 is 0 Å². The Morgan fingerprint density at radius 3 is 2.32 bits per heavy atom. The van der Waals surface area contributed by atoms with Gasteiger partial charge in [0, 0.05) is 19.6 Å². The van der Waals surface area contributed by atoms with E-state index in [1.54, 1.807) is 6.92 Å². The molecule has 1 aliphatic heterocycles. The Bertz CT molecular complexity index is 1060. The van der Waals surface area contributed by atoms with Gasteiger partial charge in [0.05, 0.1) is 31.1 Å². The average molecular weight is 523 g/mol. The Labute approximate surface area is 224 Å². The number of cyclic esters (lactones) is 1. The van der Waals surface area contributed by atoms with E-state index in [0.29, 0.717) is 19.3 Å². The van der Waals surface area contributed by atoms with Crippen LogP contribution in [0.1, 0.15) is 43.4 Å². The number of allylic oxidation sites excluding steroid dienone is 2. The molecular weight excluding hydrogens is 484 g/mol. The maximum atomic E-state index is 13.5. The van der Waals surface area contributed by atoms with E-state index in [2.05, 4.69) is 10.6 Å². The van der Waals surface area contributed by atoms with Gasteiger partial charge in [-0.15, -0.1) is 0 Å². The van der Waals surface area contributed by atoms with Gasteiger partial charge >= 0.3 is 5.97 Å². The second-order valence-corrected chi connectivity index (χ2v) is 9.72. The van der Waals surface area contributed by atoms with Gasteiger partial charge in [-0.3, -0.25) is 14.4 Å². The first-order chi connectivity index (χ1) is 18.4. The molecular formula is C30H38N2O6. The molecule has 3 rings (SSSR count). The zero-order chi connectivity index (χ0) is 27.3. The fourth-order valence-electron chi connectivity index (χ4n) is 4.50. The summed E-state index contributed by atoms with van der Waals surface area (Å²) in [5, 5.41) is 15.0. The van der Waals surface area contributed by atoms with E-state index in [-0.39, 0.29) is 37.4 Å². The average Bonchev–Trinajstić information content (AvgIpc) is 2.92. The number of hydrogen-bond acceptors (Lipinski definition) is 6. The second-order valence-electron chi connectivity index (χ2n) is 9.72. The van der Waals surface area contributed by atoms with E-state index in [4.69, 9.17) is 9.47 Å². The van der Waals surface area contributed by atoms with Crippen LogP contribution in [0.25, 0.3) is 0 Å². The molecule has 0 aromatic heterocycles. The smallest absolute Gasteiger partial charge is 0.310 e. The molecule has 3 N–H and O–H groups in total. The summed E-state index contributed by atoms with van der Waals surface area (Å²) in [5.74, 6) is -2.07. The summed E-state index contributed by atoms with van der Waals surface area (Å²) in [4.78, 5) is 39.5. The second kappa shape index (κ2) is 15.1. The highest BCUT2D eigenvalue weighted by molar-refractivity contribution is 5.86. The normalized spacial score (nSPS) is 23.3. The third-order valence-electron chi connectivity index (χ3n) is 6.56. The number of esters is 1. The zero-order valence-corrected chi connectivity index (χ0v) is 22.0. The number of methoxy groups -OCH3 is 1. The zero-order valence-electron chi connectivity index (χ0n) is 22.0. The first-order valence-electron chi connectivity index (χ1n) is 13.0. The van der Waals surface area contributed by atoms with Crippen molar-refractivity contribution >= 4 is 17.8 Å². The van der Waals surface area contributed by atoms with Crippen molar-refractivity contribution in [2.24, 2.45) is 11.8 Å². The summed E-state index contributed by atoms with van der Waals surface area (Å²) in [7, 11) is 1.52. The molecule has 0 unspecified atom stereocenters. The fraction of sp³-hybridized carbons (Fsp3) is 0.433. The molecule has 0 aliphatic carbocycles. The van der Waals surface area contributed by atoms with Gasteiger partial charge in [-0.2, -0.15) is 0 Å². The number of nitrogens with one attached hydrogen (secondary N) is 2. The molecule has 8 heteroatoms. The van der Waals surface area contributed by atoms with Gasteiger partial charge in [0.2, 0.25) is 11.8 Å². The number of rotatable bonds is 9. The summed E-state index contributed by atoms with van der Waals surface area (Å²) < 4.78 is 11.5. The van der Waals surface area contributed by atoms with Crippen LogP contribution in [0.2, 0.25) is 0 Å². The summed E-state index contributed by atoms with van der Waals surface area (Å²) in [6.45, 7) is 1.61.